The normalized spacial score (nSPS) is 22.4. The number of halogens is 2. The zero-order valence-electron chi connectivity index (χ0n) is 13.2. The largest absolute Gasteiger partial charge is 0.394 e. The Morgan fingerprint density at radius 1 is 1.28 bits per heavy atom. The summed E-state index contributed by atoms with van der Waals surface area (Å²) in [5.41, 5.74) is 0.838. The molecule has 0 radical (unpaired) electrons. The van der Waals surface area contributed by atoms with E-state index in [9.17, 15) is 28.3 Å². The third kappa shape index (κ3) is 3.46. The van der Waals surface area contributed by atoms with Gasteiger partial charge in [0.2, 0.25) is 5.91 Å². The van der Waals surface area contributed by atoms with Gasteiger partial charge in [0, 0.05) is 12.0 Å². The van der Waals surface area contributed by atoms with E-state index in [1.165, 1.54) is 12.1 Å². The molecule has 0 spiro atoms. The van der Waals surface area contributed by atoms with E-state index in [2.05, 4.69) is 5.32 Å². The van der Waals surface area contributed by atoms with Crippen LogP contribution in [0.25, 0.3) is 0 Å². The predicted octanol–water partition coefficient (Wildman–Crippen LogP) is 0.580. The van der Waals surface area contributed by atoms with Gasteiger partial charge in [-0.15, -0.1) is 0 Å². The van der Waals surface area contributed by atoms with E-state index in [4.69, 9.17) is 0 Å². The molecule has 2 saturated heterocycles. The lowest BCUT2D eigenvalue weighted by Gasteiger charge is -2.22. The first-order valence-corrected chi connectivity index (χ1v) is 7.77. The first-order chi connectivity index (χ1) is 11.8. The van der Waals surface area contributed by atoms with Crippen LogP contribution in [0.1, 0.15) is 22.3 Å². The second-order valence-corrected chi connectivity index (χ2v) is 6.17. The van der Waals surface area contributed by atoms with Crippen LogP contribution in [0.15, 0.2) is 24.3 Å². The number of nitrogens with one attached hydrogen (secondary N) is 1. The number of likely N-dealkylation sites (tertiary alicyclic amines) is 1. The highest BCUT2D eigenvalue weighted by atomic mass is 19.3. The average Bonchev–Trinajstić information content (AvgIpc) is 3.07. The molecule has 9 heteroatoms. The van der Waals surface area contributed by atoms with Crippen LogP contribution in [0.3, 0.4) is 0 Å². The number of alkyl halides is 2. The molecule has 0 aliphatic carbocycles. The van der Waals surface area contributed by atoms with Crippen molar-refractivity contribution in [2.75, 3.05) is 19.7 Å². The first kappa shape index (κ1) is 17.3. The number of aliphatic hydroxyl groups excluding tert-OH is 1. The molecule has 2 fully saturated rings. The number of benzene rings is 1. The van der Waals surface area contributed by atoms with Crippen molar-refractivity contribution in [2.45, 2.75) is 24.9 Å². The number of hydrogen-bond donors (Lipinski definition) is 2. The molecule has 3 rings (SSSR count). The van der Waals surface area contributed by atoms with Crippen molar-refractivity contribution in [1.29, 1.82) is 0 Å². The Kier molecular flexibility index (Phi) is 4.42. The lowest BCUT2D eigenvalue weighted by atomic mass is 10.1. The zero-order chi connectivity index (χ0) is 18.2. The summed E-state index contributed by atoms with van der Waals surface area (Å²) in [6.45, 7) is -1.21. The van der Waals surface area contributed by atoms with Gasteiger partial charge in [-0.05, 0) is 17.7 Å². The molecule has 2 heterocycles. The fraction of sp³-hybridized carbons (Fsp3) is 0.438. The Morgan fingerprint density at radius 3 is 2.52 bits per heavy atom. The quantitative estimate of drug-likeness (QED) is 0.775. The maximum absolute atomic E-state index is 13.5. The molecule has 0 bridgehead atoms. The minimum atomic E-state index is -3.01. The van der Waals surface area contributed by atoms with Crippen molar-refractivity contribution in [3.8, 4) is 0 Å². The number of nitrogens with zero attached hydrogens (tertiary/aromatic N) is 2. The van der Waals surface area contributed by atoms with Gasteiger partial charge in [-0.1, -0.05) is 12.1 Å². The van der Waals surface area contributed by atoms with Crippen molar-refractivity contribution in [1.82, 2.24) is 15.1 Å². The van der Waals surface area contributed by atoms with Gasteiger partial charge in [0.15, 0.2) is 0 Å². The van der Waals surface area contributed by atoms with E-state index in [1.54, 1.807) is 12.1 Å². The zero-order valence-corrected chi connectivity index (χ0v) is 13.2. The Balaban J connectivity index is 1.71. The Labute approximate surface area is 142 Å². The molecule has 0 aromatic heterocycles. The number of urea groups is 1. The molecule has 2 aliphatic rings. The Morgan fingerprint density at radius 2 is 1.96 bits per heavy atom. The number of hydrogen-bond acceptors (Lipinski definition) is 4. The number of carbonyl (C=O) groups is 3. The molecule has 2 N–H and O–H groups in total. The lowest BCUT2D eigenvalue weighted by Crippen LogP contribution is -2.38. The van der Waals surface area contributed by atoms with Crippen LogP contribution in [-0.2, 0) is 11.3 Å². The summed E-state index contributed by atoms with van der Waals surface area (Å²) in [5.74, 6) is -3.93. The Hall–Kier alpha value is -2.55. The number of imide groups is 1. The summed E-state index contributed by atoms with van der Waals surface area (Å²) in [6.07, 6.45) is -0.556. The van der Waals surface area contributed by atoms with Gasteiger partial charge in [0.05, 0.1) is 32.3 Å². The van der Waals surface area contributed by atoms with Gasteiger partial charge in [-0.25, -0.2) is 13.6 Å². The molecule has 7 nitrogen and oxygen atoms in total. The minimum Gasteiger partial charge on any atom is -0.394 e. The van der Waals surface area contributed by atoms with Gasteiger partial charge in [0.1, 0.15) is 0 Å². The van der Waals surface area contributed by atoms with Crippen LogP contribution < -0.4 is 5.32 Å². The summed E-state index contributed by atoms with van der Waals surface area (Å²) in [5, 5.41) is 11.6. The van der Waals surface area contributed by atoms with Crippen LogP contribution in [0, 0.1) is 0 Å². The third-order valence-corrected chi connectivity index (χ3v) is 4.33. The summed E-state index contributed by atoms with van der Waals surface area (Å²) in [7, 11) is 0. The minimum absolute atomic E-state index is 0.0406. The molecule has 25 heavy (non-hydrogen) atoms. The van der Waals surface area contributed by atoms with E-state index >= 15 is 0 Å². The van der Waals surface area contributed by atoms with Crippen LogP contribution in [0.5, 0.6) is 0 Å². The number of aliphatic hydroxyl groups is 1. The predicted molar refractivity (Wildman–Crippen MR) is 81.9 cm³/mol. The summed E-state index contributed by atoms with van der Waals surface area (Å²) in [6, 6.07) is 4.66. The standard InChI is InChI=1S/C16H17F2N3O4/c17-16(18)5-12(8-22)21(9-16)14(24)11-3-1-10(2-4-11)7-20-13(23)6-19-15(20)25/h1-4,12,22H,5-9H2,(H,19,25). The van der Waals surface area contributed by atoms with Crippen LogP contribution in [-0.4, -0.2) is 64.4 Å². The molecular formula is C16H17F2N3O4. The van der Waals surface area contributed by atoms with Crippen molar-refractivity contribution in [3.63, 3.8) is 0 Å². The van der Waals surface area contributed by atoms with E-state index in [0.29, 0.717) is 5.56 Å². The smallest absolute Gasteiger partial charge is 0.324 e. The molecule has 0 saturated carbocycles. The molecule has 134 valence electrons. The lowest BCUT2D eigenvalue weighted by molar-refractivity contribution is -0.125. The van der Waals surface area contributed by atoms with Crippen LogP contribution >= 0.6 is 0 Å². The second kappa shape index (κ2) is 6.40. The fourth-order valence-electron chi connectivity index (χ4n) is 3.01. The maximum atomic E-state index is 13.5. The molecule has 4 amide bonds. The maximum Gasteiger partial charge on any atom is 0.324 e. The monoisotopic (exact) mass is 353 g/mol. The first-order valence-electron chi connectivity index (χ1n) is 7.77. The SMILES string of the molecule is O=C1CNC(=O)N1Cc1ccc(C(=O)N2CC(F)(F)CC2CO)cc1. The van der Waals surface area contributed by atoms with E-state index in [1.807, 2.05) is 0 Å². The summed E-state index contributed by atoms with van der Waals surface area (Å²) < 4.78 is 27.0. The van der Waals surface area contributed by atoms with Gasteiger partial charge in [0.25, 0.3) is 11.8 Å². The summed E-state index contributed by atoms with van der Waals surface area (Å²) in [4.78, 5) is 37.5. The molecule has 1 aromatic carbocycles. The van der Waals surface area contributed by atoms with Crippen molar-refractivity contribution >= 4 is 17.8 Å². The highest BCUT2D eigenvalue weighted by molar-refractivity contribution is 6.01. The molecule has 1 unspecified atom stereocenters. The molecule has 1 atom stereocenters. The molecule has 2 aliphatic heterocycles. The van der Waals surface area contributed by atoms with Crippen LogP contribution in [0.4, 0.5) is 13.6 Å². The molecular weight excluding hydrogens is 336 g/mol. The van der Waals surface area contributed by atoms with Crippen molar-refractivity contribution in [2.24, 2.45) is 0 Å². The fourth-order valence-corrected chi connectivity index (χ4v) is 3.01. The van der Waals surface area contributed by atoms with Crippen LogP contribution in [0.2, 0.25) is 0 Å². The Bertz CT molecular complexity index is 692. The van der Waals surface area contributed by atoms with Gasteiger partial charge >= 0.3 is 6.03 Å². The van der Waals surface area contributed by atoms with Gasteiger partial charge in [-0.3, -0.25) is 14.5 Å². The van der Waals surface area contributed by atoms with Gasteiger partial charge in [-0.2, -0.15) is 0 Å². The second-order valence-electron chi connectivity index (χ2n) is 6.17. The number of amides is 4. The summed E-state index contributed by atoms with van der Waals surface area (Å²) >= 11 is 0. The topological polar surface area (TPSA) is 90.0 Å². The van der Waals surface area contributed by atoms with Crippen molar-refractivity contribution < 1.29 is 28.3 Å². The highest BCUT2D eigenvalue weighted by Crippen LogP contribution is 2.32. The van der Waals surface area contributed by atoms with E-state index < -0.39 is 43.5 Å². The van der Waals surface area contributed by atoms with Crippen molar-refractivity contribution in [3.05, 3.63) is 35.4 Å². The highest BCUT2D eigenvalue weighted by Gasteiger charge is 2.46. The average molecular weight is 353 g/mol. The number of rotatable bonds is 4. The number of carbonyl (C=O) groups excluding carboxylic acids is 3. The molecule has 1 aromatic rings. The van der Waals surface area contributed by atoms with Gasteiger partial charge < -0.3 is 15.3 Å². The van der Waals surface area contributed by atoms with E-state index in [0.717, 1.165) is 9.80 Å². The third-order valence-electron chi connectivity index (χ3n) is 4.33. The van der Waals surface area contributed by atoms with E-state index in [-0.39, 0.29) is 24.6 Å².